The molecule has 1 N–H and O–H groups in total. The molecule has 0 unspecified atom stereocenters. The Kier molecular flexibility index (Phi) is 4.18. The molecule has 0 spiro atoms. The maximum atomic E-state index is 11.5. The fraction of sp³-hybridized carbons (Fsp3) is 0.316. The number of amides is 1. The van der Waals surface area contributed by atoms with E-state index in [1.54, 1.807) is 10.7 Å². The normalized spacial score (nSPS) is 15.0. The van der Waals surface area contributed by atoms with Gasteiger partial charge in [-0.25, -0.2) is 9.67 Å². The van der Waals surface area contributed by atoms with E-state index < -0.39 is 4.92 Å². The SMILES string of the molecule is CC(=O)Nc1nc2c(s1)-c1c(c(C3CC3)nn1-c1ccc([N+](=O)[O-])cc1Cl)CC2. The van der Waals surface area contributed by atoms with Gasteiger partial charge < -0.3 is 5.32 Å². The predicted octanol–water partition coefficient (Wildman–Crippen LogP) is 4.49. The molecule has 3 aromatic rings. The van der Waals surface area contributed by atoms with Crippen molar-refractivity contribution in [1.29, 1.82) is 0 Å². The largest absolute Gasteiger partial charge is 0.302 e. The van der Waals surface area contributed by atoms with Crippen molar-refractivity contribution < 1.29 is 9.72 Å². The maximum absolute atomic E-state index is 11.5. The summed E-state index contributed by atoms with van der Waals surface area (Å²) in [5, 5.41) is 19.5. The van der Waals surface area contributed by atoms with Crippen molar-refractivity contribution in [1.82, 2.24) is 14.8 Å². The molecule has 2 heterocycles. The minimum absolute atomic E-state index is 0.0615. The molecule has 0 bridgehead atoms. The minimum atomic E-state index is -0.467. The molecule has 8 nitrogen and oxygen atoms in total. The number of hydrogen-bond donors (Lipinski definition) is 1. The lowest BCUT2D eigenvalue weighted by atomic mass is 9.96. The molecule has 0 radical (unpaired) electrons. The van der Waals surface area contributed by atoms with E-state index in [0.29, 0.717) is 16.7 Å². The van der Waals surface area contributed by atoms with Crippen LogP contribution in [0.1, 0.15) is 42.6 Å². The second kappa shape index (κ2) is 6.64. The average Bonchev–Trinajstić information content (AvgIpc) is 3.31. The Hall–Kier alpha value is -2.78. The molecule has 2 aliphatic rings. The van der Waals surface area contributed by atoms with E-state index in [-0.39, 0.29) is 16.6 Å². The number of anilines is 1. The highest BCUT2D eigenvalue weighted by Gasteiger charge is 2.36. The third-order valence-electron chi connectivity index (χ3n) is 5.16. The van der Waals surface area contributed by atoms with Crippen LogP contribution in [0.5, 0.6) is 0 Å². The molecule has 1 amide bonds. The number of hydrogen-bond acceptors (Lipinski definition) is 6. The third kappa shape index (κ3) is 3.10. The number of aromatic nitrogens is 3. The van der Waals surface area contributed by atoms with Crippen LogP contribution in [0.2, 0.25) is 5.02 Å². The molecule has 1 aromatic carbocycles. The second-order valence-corrected chi connectivity index (χ2v) is 8.67. The maximum Gasteiger partial charge on any atom is 0.271 e. The van der Waals surface area contributed by atoms with Crippen molar-refractivity contribution in [3.63, 3.8) is 0 Å². The minimum Gasteiger partial charge on any atom is -0.302 e. The van der Waals surface area contributed by atoms with E-state index in [1.807, 2.05) is 0 Å². The molecule has 148 valence electrons. The molecule has 10 heteroatoms. The van der Waals surface area contributed by atoms with Gasteiger partial charge in [-0.15, -0.1) is 0 Å². The standard InChI is InChI=1S/C19H16ClN5O3S/c1-9(26)21-19-22-14-6-5-12-16(10-2-3-10)23-24(17(12)18(14)29-19)15-7-4-11(25(27)28)8-13(15)20/h4,7-8,10H,2-3,5-6H2,1H3,(H,21,22,26). The highest BCUT2D eigenvalue weighted by molar-refractivity contribution is 7.19. The number of carbonyl (C=O) groups is 1. The van der Waals surface area contributed by atoms with Crippen LogP contribution >= 0.6 is 22.9 Å². The Morgan fingerprint density at radius 2 is 2.17 bits per heavy atom. The zero-order chi connectivity index (χ0) is 20.3. The number of aryl methyl sites for hydroxylation is 1. The van der Waals surface area contributed by atoms with Gasteiger partial charge in [0.15, 0.2) is 5.13 Å². The van der Waals surface area contributed by atoms with Gasteiger partial charge in [-0.05, 0) is 31.7 Å². The summed E-state index contributed by atoms with van der Waals surface area (Å²) in [6.45, 7) is 1.46. The molecule has 29 heavy (non-hydrogen) atoms. The van der Waals surface area contributed by atoms with Gasteiger partial charge in [0, 0.05) is 30.5 Å². The number of rotatable bonds is 4. The molecule has 1 saturated carbocycles. The van der Waals surface area contributed by atoms with Gasteiger partial charge in [-0.3, -0.25) is 14.9 Å². The first-order valence-corrected chi connectivity index (χ1v) is 10.5. The molecular weight excluding hydrogens is 414 g/mol. The molecule has 0 saturated heterocycles. The predicted molar refractivity (Wildman–Crippen MR) is 110 cm³/mol. The molecule has 2 aromatic heterocycles. The number of nitrogens with zero attached hydrogens (tertiary/aromatic N) is 4. The smallest absolute Gasteiger partial charge is 0.271 e. The first-order chi connectivity index (χ1) is 13.9. The summed E-state index contributed by atoms with van der Waals surface area (Å²) in [5.74, 6) is 0.285. The summed E-state index contributed by atoms with van der Waals surface area (Å²) < 4.78 is 1.79. The van der Waals surface area contributed by atoms with E-state index in [0.717, 1.165) is 47.6 Å². The Morgan fingerprint density at radius 3 is 2.83 bits per heavy atom. The topological polar surface area (TPSA) is 103 Å². The summed E-state index contributed by atoms with van der Waals surface area (Å²) in [7, 11) is 0. The van der Waals surface area contributed by atoms with Crippen molar-refractivity contribution >= 4 is 39.7 Å². The van der Waals surface area contributed by atoms with Gasteiger partial charge in [-0.1, -0.05) is 22.9 Å². The van der Waals surface area contributed by atoms with Crippen LogP contribution in [0.15, 0.2) is 18.2 Å². The Balaban J connectivity index is 1.69. The lowest BCUT2D eigenvalue weighted by molar-refractivity contribution is -0.384. The molecule has 0 atom stereocenters. The van der Waals surface area contributed by atoms with Crippen LogP contribution in [0, 0.1) is 10.1 Å². The monoisotopic (exact) mass is 429 g/mol. The summed E-state index contributed by atoms with van der Waals surface area (Å²) in [6, 6.07) is 4.42. The van der Waals surface area contributed by atoms with Gasteiger partial charge in [0.1, 0.15) is 0 Å². The number of fused-ring (bicyclic) bond motifs is 3. The lowest BCUT2D eigenvalue weighted by Gasteiger charge is -2.14. The highest BCUT2D eigenvalue weighted by atomic mass is 35.5. The van der Waals surface area contributed by atoms with Crippen molar-refractivity contribution in [3.8, 4) is 16.3 Å². The van der Waals surface area contributed by atoms with Gasteiger partial charge >= 0.3 is 0 Å². The quantitative estimate of drug-likeness (QED) is 0.486. The highest BCUT2D eigenvalue weighted by Crippen LogP contribution is 2.48. The second-order valence-electron chi connectivity index (χ2n) is 7.27. The van der Waals surface area contributed by atoms with Crippen LogP contribution in [-0.4, -0.2) is 25.6 Å². The number of nitro benzene ring substituents is 1. The number of carbonyl (C=O) groups excluding carboxylic acids is 1. The van der Waals surface area contributed by atoms with Crippen LogP contribution < -0.4 is 5.32 Å². The third-order valence-corrected chi connectivity index (χ3v) is 6.48. The molecule has 0 aliphatic heterocycles. The molecule has 2 aliphatic carbocycles. The number of nitrogens with one attached hydrogen (secondary N) is 1. The van der Waals surface area contributed by atoms with Crippen LogP contribution in [-0.2, 0) is 17.6 Å². The number of benzene rings is 1. The van der Waals surface area contributed by atoms with Crippen molar-refractivity contribution in [2.24, 2.45) is 0 Å². The number of non-ortho nitro benzene ring substituents is 1. The zero-order valence-corrected chi connectivity index (χ0v) is 17.0. The van der Waals surface area contributed by atoms with Gasteiger partial charge in [0.25, 0.3) is 5.69 Å². The van der Waals surface area contributed by atoms with E-state index in [2.05, 4.69) is 10.3 Å². The number of thiazole rings is 1. The first kappa shape index (κ1) is 18.3. The van der Waals surface area contributed by atoms with Gasteiger partial charge in [0.2, 0.25) is 5.91 Å². The fourth-order valence-corrected chi connectivity index (χ4v) is 5.11. The number of halogens is 1. The van der Waals surface area contributed by atoms with Crippen molar-refractivity contribution in [2.45, 2.75) is 38.5 Å². The van der Waals surface area contributed by atoms with Gasteiger partial charge in [0.05, 0.1) is 37.6 Å². The van der Waals surface area contributed by atoms with Crippen molar-refractivity contribution in [2.75, 3.05) is 5.32 Å². The average molecular weight is 430 g/mol. The summed E-state index contributed by atoms with van der Waals surface area (Å²) >= 11 is 7.84. The summed E-state index contributed by atoms with van der Waals surface area (Å²) in [4.78, 5) is 27.6. The molecule has 5 rings (SSSR count). The van der Waals surface area contributed by atoms with E-state index >= 15 is 0 Å². The first-order valence-electron chi connectivity index (χ1n) is 9.26. The Bertz CT molecular complexity index is 1180. The van der Waals surface area contributed by atoms with E-state index in [4.69, 9.17) is 16.7 Å². The van der Waals surface area contributed by atoms with Crippen LogP contribution in [0.25, 0.3) is 16.3 Å². The zero-order valence-electron chi connectivity index (χ0n) is 15.4. The number of nitro groups is 1. The summed E-state index contributed by atoms with van der Waals surface area (Å²) in [5.41, 5.74) is 4.66. The molecular formula is C19H16ClN5O3S. The fourth-order valence-electron chi connectivity index (χ4n) is 3.74. The lowest BCUT2D eigenvalue weighted by Crippen LogP contribution is -2.07. The Labute approximate surface area is 174 Å². The Morgan fingerprint density at radius 1 is 1.38 bits per heavy atom. The molecule has 1 fully saturated rings. The van der Waals surface area contributed by atoms with Gasteiger partial charge in [-0.2, -0.15) is 5.10 Å². The summed E-state index contributed by atoms with van der Waals surface area (Å²) in [6.07, 6.45) is 3.84. The van der Waals surface area contributed by atoms with E-state index in [1.165, 1.54) is 36.0 Å². The van der Waals surface area contributed by atoms with Crippen LogP contribution in [0.4, 0.5) is 10.8 Å². The van der Waals surface area contributed by atoms with Crippen LogP contribution in [0.3, 0.4) is 0 Å². The van der Waals surface area contributed by atoms with E-state index in [9.17, 15) is 14.9 Å². The van der Waals surface area contributed by atoms with Crippen molar-refractivity contribution in [3.05, 3.63) is 50.3 Å².